The highest BCUT2D eigenvalue weighted by Crippen LogP contribution is 2.43. The molecule has 3 rings (SSSR count). The van der Waals surface area contributed by atoms with Gasteiger partial charge in [0.1, 0.15) is 11.5 Å². The number of aliphatic carboxylic acids is 1. The van der Waals surface area contributed by atoms with Gasteiger partial charge in [0.2, 0.25) is 0 Å². The van der Waals surface area contributed by atoms with Gasteiger partial charge in [-0.05, 0) is 31.2 Å². The molecule has 3 nitrogen and oxygen atoms in total. The first kappa shape index (κ1) is 9.94. The summed E-state index contributed by atoms with van der Waals surface area (Å²) in [7, 11) is 0. The van der Waals surface area contributed by atoms with Gasteiger partial charge in [-0.2, -0.15) is 0 Å². The summed E-state index contributed by atoms with van der Waals surface area (Å²) in [5.74, 6) is 1.83. The van der Waals surface area contributed by atoms with Crippen molar-refractivity contribution >= 4 is 5.97 Å². The van der Waals surface area contributed by atoms with Gasteiger partial charge in [0.05, 0.1) is 6.42 Å². The Morgan fingerprint density at radius 2 is 2.12 bits per heavy atom. The molecule has 2 aliphatic carbocycles. The molecule has 3 heteroatoms. The monoisotopic (exact) mass is 220 g/mol. The lowest BCUT2D eigenvalue weighted by Gasteiger charge is -2.24. The fourth-order valence-electron chi connectivity index (χ4n) is 2.84. The van der Waals surface area contributed by atoms with E-state index in [9.17, 15) is 4.79 Å². The third-order valence-corrected chi connectivity index (χ3v) is 3.87. The van der Waals surface area contributed by atoms with Crippen molar-refractivity contribution in [2.24, 2.45) is 0 Å². The third kappa shape index (κ3) is 1.46. The van der Waals surface area contributed by atoms with E-state index in [-0.39, 0.29) is 6.42 Å². The minimum absolute atomic E-state index is 0.144. The standard InChI is InChI=1S/C13H16O3/c14-12(15)7-10-9-5-2-6-11(9)16-13(10)8-3-1-4-8/h8H,1-7H2,(H,14,15). The second kappa shape index (κ2) is 3.65. The number of carboxylic acids is 1. The van der Waals surface area contributed by atoms with Gasteiger partial charge in [-0.1, -0.05) is 6.42 Å². The second-order valence-electron chi connectivity index (χ2n) is 4.90. The number of hydrogen-bond acceptors (Lipinski definition) is 2. The first-order chi connectivity index (χ1) is 7.75. The van der Waals surface area contributed by atoms with Crippen LogP contribution in [0.2, 0.25) is 0 Å². The zero-order valence-corrected chi connectivity index (χ0v) is 9.29. The van der Waals surface area contributed by atoms with Gasteiger partial charge >= 0.3 is 5.97 Å². The minimum Gasteiger partial charge on any atom is -0.481 e. The van der Waals surface area contributed by atoms with Gasteiger partial charge in [0.15, 0.2) is 0 Å². The molecule has 0 saturated heterocycles. The zero-order chi connectivity index (χ0) is 11.1. The Morgan fingerprint density at radius 3 is 2.75 bits per heavy atom. The number of furan rings is 1. The van der Waals surface area contributed by atoms with Crippen LogP contribution in [0.5, 0.6) is 0 Å². The molecule has 1 aromatic rings. The van der Waals surface area contributed by atoms with Gasteiger partial charge in [-0.15, -0.1) is 0 Å². The molecule has 1 heterocycles. The summed E-state index contributed by atoms with van der Waals surface area (Å²) in [4.78, 5) is 10.9. The molecule has 0 unspecified atom stereocenters. The van der Waals surface area contributed by atoms with Crippen LogP contribution in [-0.4, -0.2) is 11.1 Å². The van der Waals surface area contributed by atoms with E-state index in [4.69, 9.17) is 9.52 Å². The SMILES string of the molecule is O=C(O)Cc1c(C2CCC2)oc2c1CCC2. The summed E-state index contributed by atoms with van der Waals surface area (Å²) in [5, 5.41) is 8.97. The van der Waals surface area contributed by atoms with Crippen LogP contribution in [0.3, 0.4) is 0 Å². The van der Waals surface area contributed by atoms with Gasteiger partial charge < -0.3 is 9.52 Å². The molecule has 1 saturated carbocycles. The summed E-state index contributed by atoms with van der Waals surface area (Å²) >= 11 is 0. The van der Waals surface area contributed by atoms with Crippen LogP contribution < -0.4 is 0 Å². The van der Waals surface area contributed by atoms with Crippen LogP contribution in [0.1, 0.15) is 54.2 Å². The Hall–Kier alpha value is -1.25. The summed E-state index contributed by atoms with van der Waals surface area (Å²) in [6.45, 7) is 0. The van der Waals surface area contributed by atoms with E-state index in [1.807, 2.05) is 0 Å². The molecule has 2 aliphatic rings. The van der Waals surface area contributed by atoms with Crippen molar-refractivity contribution in [1.29, 1.82) is 0 Å². The topological polar surface area (TPSA) is 50.4 Å². The number of carboxylic acid groups (broad SMARTS) is 1. The molecule has 1 fully saturated rings. The molecular weight excluding hydrogens is 204 g/mol. The van der Waals surface area contributed by atoms with E-state index < -0.39 is 5.97 Å². The Labute approximate surface area is 94.5 Å². The molecule has 16 heavy (non-hydrogen) atoms. The van der Waals surface area contributed by atoms with Crippen LogP contribution in [0.4, 0.5) is 0 Å². The largest absolute Gasteiger partial charge is 0.481 e. The lowest BCUT2D eigenvalue weighted by molar-refractivity contribution is -0.136. The highest BCUT2D eigenvalue weighted by atomic mass is 16.4. The first-order valence-corrected chi connectivity index (χ1v) is 6.11. The number of hydrogen-bond donors (Lipinski definition) is 1. The van der Waals surface area contributed by atoms with Crippen molar-refractivity contribution in [2.45, 2.75) is 50.9 Å². The van der Waals surface area contributed by atoms with Crippen molar-refractivity contribution in [3.8, 4) is 0 Å². The van der Waals surface area contributed by atoms with Crippen LogP contribution in [0.25, 0.3) is 0 Å². The van der Waals surface area contributed by atoms with Crippen LogP contribution in [0.15, 0.2) is 4.42 Å². The van der Waals surface area contributed by atoms with Gasteiger partial charge in [-0.3, -0.25) is 4.79 Å². The Bertz CT molecular complexity index is 427. The summed E-state index contributed by atoms with van der Waals surface area (Å²) < 4.78 is 5.90. The number of carbonyl (C=O) groups is 1. The lowest BCUT2D eigenvalue weighted by Crippen LogP contribution is -2.12. The van der Waals surface area contributed by atoms with Crippen molar-refractivity contribution in [3.63, 3.8) is 0 Å². The second-order valence-corrected chi connectivity index (χ2v) is 4.90. The van der Waals surface area contributed by atoms with E-state index in [1.54, 1.807) is 0 Å². The van der Waals surface area contributed by atoms with E-state index >= 15 is 0 Å². The van der Waals surface area contributed by atoms with Crippen molar-refractivity contribution < 1.29 is 14.3 Å². The van der Waals surface area contributed by atoms with E-state index in [0.29, 0.717) is 5.92 Å². The summed E-state index contributed by atoms with van der Waals surface area (Å²) in [5.41, 5.74) is 2.22. The maximum atomic E-state index is 10.9. The predicted molar refractivity (Wildman–Crippen MR) is 58.7 cm³/mol. The molecule has 1 N–H and O–H groups in total. The highest BCUT2D eigenvalue weighted by Gasteiger charge is 2.31. The van der Waals surface area contributed by atoms with Gasteiger partial charge in [-0.25, -0.2) is 0 Å². The number of rotatable bonds is 3. The molecule has 0 atom stereocenters. The van der Waals surface area contributed by atoms with Crippen LogP contribution in [0, 0.1) is 0 Å². The summed E-state index contributed by atoms with van der Waals surface area (Å²) in [6, 6.07) is 0. The number of aryl methyl sites for hydroxylation is 1. The molecule has 0 bridgehead atoms. The molecule has 0 spiro atoms. The lowest BCUT2D eigenvalue weighted by atomic mass is 9.81. The van der Waals surface area contributed by atoms with Crippen molar-refractivity contribution in [3.05, 3.63) is 22.6 Å². The maximum absolute atomic E-state index is 10.9. The quantitative estimate of drug-likeness (QED) is 0.852. The Morgan fingerprint density at radius 1 is 1.31 bits per heavy atom. The summed E-state index contributed by atoms with van der Waals surface area (Å²) in [6.07, 6.45) is 6.85. The molecule has 0 amide bonds. The molecule has 86 valence electrons. The Kier molecular flexibility index (Phi) is 2.27. The van der Waals surface area contributed by atoms with Crippen molar-refractivity contribution in [1.82, 2.24) is 0 Å². The fraction of sp³-hybridized carbons (Fsp3) is 0.615. The van der Waals surface area contributed by atoms with Gasteiger partial charge in [0.25, 0.3) is 0 Å². The number of fused-ring (bicyclic) bond motifs is 1. The van der Waals surface area contributed by atoms with E-state index in [2.05, 4.69) is 0 Å². The fourth-order valence-corrected chi connectivity index (χ4v) is 2.84. The van der Waals surface area contributed by atoms with Crippen LogP contribution in [-0.2, 0) is 24.1 Å². The average molecular weight is 220 g/mol. The van der Waals surface area contributed by atoms with Gasteiger partial charge in [0, 0.05) is 17.9 Å². The minimum atomic E-state index is -0.740. The first-order valence-electron chi connectivity index (χ1n) is 6.11. The highest BCUT2D eigenvalue weighted by molar-refractivity contribution is 5.71. The molecule has 0 radical (unpaired) electrons. The van der Waals surface area contributed by atoms with E-state index in [0.717, 1.165) is 36.3 Å². The zero-order valence-electron chi connectivity index (χ0n) is 9.29. The van der Waals surface area contributed by atoms with Crippen LogP contribution >= 0.6 is 0 Å². The van der Waals surface area contributed by atoms with E-state index in [1.165, 1.54) is 24.8 Å². The third-order valence-electron chi connectivity index (χ3n) is 3.87. The molecule has 0 aliphatic heterocycles. The molecular formula is C13H16O3. The Balaban J connectivity index is 1.99. The average Bonchev–Trinajstić information content (AvgIpc) is 2.66. The molecule has 1 aromatic heterocycles. The normalized spacial score (nSPS) is 19.5. The predicted octanol–water partition coefficient (Wildman–Crippen LogP) is 2.66. The maximum Gasteiger partial charge on any atom is 0.307 e. The molecule has 0 aromatic carbocycles. The van der Waals surface area contributed by atoms with Crippen molar-refractivity contribution in [2.75, 3.05) is 0 Å². The smallest absolute Gasteiger partial charge is 0.307 e.